The monoisotopic (exact) mass is 328 g/mol. The molecular formula is C18H8N4OS. The van der Waals surface area contributed by atoms with Crippen LogP contribution in [0.25, 0.3) is 54.0 Å². The summed E-state index contributed by atoms with van der Waals surface area (Å²) in [5.74, 6) is 0. The zero-order valence-electron chi connectivity index (χ0n) is 12.2. The van der Waals surface area contributed by atoms with Gasteiger partial charge < -0.3 is 0 Å². The predicted octanol–water partition coefficient (Wildman–Crippen LogP) is 4.69. The van der Waals surface area contributed by atoms with Crippen molar-refractivity contribution in [3.8, 4) is 0 Å². The largest absolute Gasteiger partial charge is 0.244 e. The molecule has 3 heterocycles. The minimum atomic E-state index is 0.438. The van der Waals surface area contributed by atoms with Gasteiger partial charge in [-0.2, -0.15) is 0 Å². The molecule has 6 rings (SSSR count). The first-order valence-electron chi connectivity index (χ1n) is 7.51. The van der Waals surface area contributed by atoms with E-state index in [9.17, 15) is 0 Å². The third-order valence-electron chi connectivity index (χ3n) is 4.45. The molecule has 0 radical (unpaired) electrons. The van der Waals surface area contributed by atoms with Crippen LogP contribution in [0.2, 0.25) is 0 Å². The quantitative estimate of drug-likeness (QED) is 0.379. The lowest BCUT2D eigenvalue weighted by Crippen LogP contribution is -1.90. The Kier molecular flexibility index (Phi) is 2.18. The summed E-state index contributed by atoms with van der Waals surface area (Å²) in [7, 11) is 0. The van der Waals surface area contributed by atoms with Gasteiger partial charge in [-0.25, -0.2) is 14.6 Å². The topological polar surface area (TPSA) is 64.7 Å². The molecule has 0 N–H and O–H groups in total. The molecule has 5 nitrogen and oxygen atoms in total. The smallest absolute Gasteiger partial charge is 0.240 e. The van der Waals surface area contributed by atoms with Crippen LogP contribution in [-0.2, 0) is 0 Å². The molecule has 0 saturated heterocycles. The second-order valence-corrected chi connectivity index (χ2v) is 6.62. The first-order chi connectivity index (χ1) is 11.9. The number of hydrogen-bond acceptors (Lipinski definition) is 6. The molecule has 6 heteroatoms. The summed E-state index contributed by atoms with van der Waals surface area (Å²) in [5.41, 5.74) is 2.57. The summed E-state index contributed by atoms with van der Waals surface area (Å²) in [4.78, 5) is 9.33. The molecule has 0 fully saturated rings. The Hall–Kier alpha value is -3.12. The highest BCUT2D eigenvalue weighted by molar-refractivity contribution is 7.18. The lowest BCUT2D eigenvalue weighted by Gasteiger charge is -2.08. The molecule has 112 valence electrons. The van der Waals surface area contributed by atoms with Gasteiger partial charge in [0.15, 0.2) is 0 Å². The maximum atomic E-state index is 4.79. The van der Waals surface area contributed by atoms with E-state index in [1.54, 1.807) is 11.3 Å². The molecule has 24 heavy (non-hydrogen) atoms. The lowest BCUT2D eigenvalue weighted by molar-refractivity contribution is 0.314. The lowest BCUT2D eigenvalue weighted by atomic mass is 9.98. The van der Waals surface area contributed by atoms with E-state index in [1.165, 1.54) is 21.5 Å². The van der Waals surface area contributed by atoms with Crippen LogP contribution in [-0.4, -0.2) is 20.3 Å². The Bertz CT molecular complexity index is 1420. The summed E-state index contributed by atoms with van der Waals surface area (Å²) in [6, 6.07) is 14.8. The molecule has 0 bridgehead atoms. The SMILES string of the molecule is c1ccc2c(c1)ccc1c3nc4nonc4nc3c3sccc3c21. The molecule has 0 spiro atoms. The van der Waals surface area contributed by atoms with Crippen LogP contribution in [0.3, 0.4) is 0 Å². The van der Waals surface area contributed by atoms with E-state index in [4.69, 9.17) is 4.63 Å². The van der Waals surface area contributed by atoms with E-state index in [0.29, 0.717) is 11.3 Å². The second-order valence-electron chi connectivity index (χ2n) is 5.70. The van der Waals surface area contributed by atoms with Gasteiger partial charge in [0, 0.05) is 16.2 Å². The van der Waals surface area contributed by atoms with Gasteiger partial charge in [-0.3, -0.25) is 0 Å². The Morgan fingerprint density at radius 1 is 0.750 bits per heavy atom. The molecule has 0 aliphatic rings. The average molecular weight is 328 g/mol. The van der Waals surface area contributed by atoms with E-state index in [0.717, 1.165) is 21.1 Å². The average Bonchev–Trinajstić information content (AvgIpc) is 3.28. The van der Waals surface area contributed by atoms with Crippen LogP contribution in [0.15, 0.2) is 52.5 Å². The molecule has 0 saturated carbocycles. The zero-order chi connectivity index (χ0) is 15.7. The summed E-state index contributed by atoms with van der Waals surface area (Å²) in [6.07, 6.45) is 0. The highest BCUT2D eigenvalue weighted by Crippen LogP contribution is 2.39. The van der Waals surface area contributed by atoms with Crippen LogP contribution >= 0.6 is 11.3 Å². The third-order valence-corrected chi connectivity index (χ3v) is 5.37. The van der Waals surface area contributed by atoms with E-state index >= 15 is 0 Å². The highest BCUT2D eigenvalue weighted by atomic mass is 32.1. The fourth-order valence-electron chi connectivity index (χ4n) is 3.43. The van der Waals surface area contributed by atoms with E-state index in [-0.39, 0.29) is 0 Å². The van der Waals surface area contributed by atoms with Gasteiger partial charge in [-0.1, -0.05) is 36.4 Å². The van der Waals surface area contributed by atoms with Crippen molar-refractivity contribution in [3.63, 3.8) is 0 Å². The maximum Gasteiger partial charge on any atom is 0.244 e. The number of nitrogens with zero attached hydrogens (tertiary/aromatic N) is 4. The van der Waals surface area contributed by atoms with E-state index in [2.05, 4.69) is 68.1 Å². The number of rotatable bonds is 0. The molecule has 0 amide bonds. The van der Waals surface area contributed by atoms with Gasteiger partial charge >= 0.3 is 0 Å². The fraction of sp³-hybridized carbons (Fsp3) is 0. The van der Waals surface area contributed by atoms with Gasteiger partial charge in [0.25, 0.3) is 0 Å². The van der Waals surface area contributed by atoms with Gasteiger partial charge in [0.05, 0.1) is 4.70 Å². The molecular weight excluding hydrogens is 320 g/mol. The van der Waals surface area contributed by atoms with Crippen molar-refractivity contribution in [2.24, 2.45) is 0 Å². The van der Waals surface area contributed by atoms with E-state index in [1.807, 2.05) is 0 Å². The normalized spacial score (nSPS) is 12.2. The van der Waals surface area contributed by atoms with Crippen LogP contribution in [0, 0.1) is 0 Å². The molecule has 3 aromatic heterocycles. The van der Waals surface area contributed by atoms with Crippen LogP contribution in [0.1, 0.15) is 0 Å². The van der Waals surface area contributed by atoms with Gasteiger partial charge in [-0.05, 0) is 32.5 Å². The first kappa shape index (κ1) is 12.3. The van der Waals surface area contributed by atoms with E-state index < -0.39 is 0 Å². The Balaban J connectivity index is 2.02. The van der Waals surface area contributed by atoms with Gasteiger partial charge in [-0.15, -0.1) is 11.3 Å². The summed E-state index contributed by atoms with van der Waals surface area (Å²) < 4.78 is 5.91. The fourth-order valence-corrected chi connectivity index (χ4v) is 4.32. The molecule has 0 atom stereocenters. The van der Waals surface area contributed by atoms with Crippen molar-refractivity contribution in [1.29, 1.82) is 0 Å². The maximum absolute atomic E-state index is 4.79. The minimum Gasteiger partial charge on any atom is -0.240 e. The van der Waals surface area contributed by atoms with Gasteiger partial charge in [0.2, 0.25) is 11.3 Å². The number of aromatic nitrogens is 4. The van der Waals surface area contributed by atoms with Crippen LogP contribution in [0.4, 0.5) is 0 Å². The van der Waals surface area contributed by atoms with Crippen molar-refractivity contribution >= 4 is 65.3 Å². The standard InChI is InChI=1S/C18H8N4OS/c1-2-4-10-9(3-1)5-6-11-13(10)12-7-8-24-16(12)15-14(11)19-17-18(20-15)22-23-21-17/h1-8H. The van der Waals surface area contributed by atoms with Crippen molar-refractivity contribution in [3.05, 3.63) is 47.8 Å². The predicted molar refractivity (Wildman–Crippen MR) is 95.3 cm³/mol. The molecule has 0 unspecified atom stereocenters. The zero-order valence-corrected chi connectivity index (χ0v) is 13.0. The minimum absolute atomic E-state index is 0.438. The Morgan fingerprint density at radius 2 is 1.58 bits per heavy atom. The van der Waals surface area contributed by atoms with Gasteiger partial charge in [0.1, 0.15) is 11.0 Å². The molecule has 0 aliphatic carbocycles. The third kappa shape index (κ3) is 1.43. The number of benzene rings is 3. The Labute approximate surface area is 138 Å². The molecule has 3 aromatic carbocycles. The number of fused-ring (bicyclic) bond motifs is 9. The highest BCUT2D eigenvalue weighted by Gasteiger charge is 2.16. The van der Waals surface area contributed by atoms with Crippen molar-refractivity contribution < 1.29 is 4.63 Å². The number of hydrogen-bond donors (Lipinski definition) is 0. The van der Waals surface area contributed by atoms with Crippen molar-refractivity contribution in [2.75, 3.05) is 0 Å². The second kappa shape index (κ2) is 4.24. The summed E-state index contributed by atoms with van der Waals surface area (Å²) in [5, 5.41) is 15.7. The molecule has 6 aromatic rings. The summed E-state index contributed by atoms with van der Waals surface area (Å²) in [6.45, 7) is 0. The van der Waals surface area contributed by atoms with Crippen molar-refractivity contribution in [1.82, 2.24) is 20.3 Å². The first-order valence-corrected chi connectivity index (χ1v) is 8.39. The molecule has 0 aliphatic heterocycles. The number of thiophene rings is 1. The Morgan fingerprint density at radius 3 is 2.50 bits per heavy atom. The van der Waals surface area contributed by atoms with Crippen LogP contribution < -0.4 is 0 Å². The summed E-state index contributed by atoms with van der Waals surface area (Å²) >= 11 is 1.67. The van der Waals surface area contributed by atoms with Crippen LogP contribution in [0.5, 0.6) is 0 Å². The van der Waals surface area contributed by atoms with Crippen molar-refractivity contribution in [2.45, 2.75) is 0 Å².